The average Bonchev–Trinajstić information content (AvgIpc) is 3.24. The number of thiazole rings is 1. The van der Waals surface area contributed by atoms with Gasteiger partial charge in [-0.2, -0.15) is 0 Å². The van der Waals surface area contributed by atoms with Crippen molar-refractivity contribution in [1.29, 1.82) is 0 Å². The number of carbonyl (C=O) groups excluding carboxylic acids is 1. The van der Waals surface area contributed by atoms with Crippen LogP contribution in [0.15, 0.2) is 36.4 Å². The highest BCUT2D eigenvalue weighted by Crippen LogP contribution is 2.40. The van der Waals surface area contributed by atoms with Crippen molar-refractivity contribution in [2.24, 2.45) is 0 Å². The summed E-state index contributed by atoms with van der Waals surface area (Å²) in [6, 6.07) is 10.7. The Bertz CT molecular complexity index is 968. The van der Waals surface area contributed by atoms with Gasteiger partial charge in [0.05, 0.1) is 10.2 Å². The quantitative estimate of drug-likeness (QED) is 0.592. The highest BCUT2D eigenvalue weighted by molar-refractivity contribution is 7.22. The van der Waals surface area contributed by atoms with Crippen molar-refractivity contribution in [3.8, 4) is 11.5 Å². The molecule has 0 aliphatic carbocycles. The average molecular weight is 440 g/mol. The number of hydrogen-bond donors (Lipinski definition) is 0. The fourth-order valence-corrected chi connectivity index (χ4v) is 3.97. The maximum absolute atomic E-state index is 13.2. The van der Waals surface area contributed by atoms with E-state index in [-0.39, 0.29) is 25.1 Å². The molecule has 1 aliphatic rings. The van der Waals surface area contributed by atoms with Crippen molar-refractivity contribution in [1.82, 2.24) is 9.88 Å². The maximum atomic E-state index is 13.2. The molecule has 9 heteroatoms. The summed E-state index contributed by atoms with van der Waals surface area (Å²) in [6.07, 6.45) is 0. The fourth-order valence-electron chi connectivity index (χ4n) is 2.78. The number of benzene rings is 2. The van der Waals surface area contributed by atoms with E-state index in [1.54, 1.807) is 29.2 Å². The van der Waals surface area contributed by atoms with Gasteiger partial charge in [-0.3, -0.25) is 9.69 Å². The van der Waals surface area contributed by atoms with Gasteiger partial charge in [-0.15, -0.1) is 12.4 Å². The molecule has 0 spiro atoms. The molecule has 0 saturated carbocycles. The first kappa shape index (κ1) is 20.7. The van der Waals surface area contributed by atoms with Crippen molar-refractivity contribution < 1.29 is 14.3 Å². The first-order valence-electron chi connectivity index (χ1n) is 8.43. The number of ether oxygens (including phenoxy) is 2. The Kier molecular flexibility index (Phi) is 6.30. The minimum atomic E-state index is -0.126. The van der Waals surface area contributed by atoms with Crippen molar-refractivity contribution in [3.05, 3.63) is 47.0 Å². The number of carbonyl (C=O) groups is 1. The van der Waals surface area contributed by atoms with Crippen LogP contribution in [0.1, 0.15) is 10.4 Å². The second-order valence-corrected chi connectivity index (χ2v) is 7.89. The zero-order chi connectivity index (χ0) is 19.0. The summed E-state index contributed by atoms with van der Waals surface area (Å²) in [5, 5.41) is 1.17. The molecule has 1 aliphatic heterocycles. The molecule has 0 radical (unpaired) electrons. The molecule has 0 fully saturated rings. The number of halogens is 2. The van der Waals surface area contributed by atoms with E-state index in [4.69, 9.17) is 21.1 Å². The van der Waals surface area contributed by atoms with Crippen molar-refractivity contribution in [2.75, 3.05) is 38.9 Å². The van der Waals surface area contributed by atoms with Crippen LogP contribution in [0.25, 0.3) is 10.2 Å². The van der Waals surface area contributed by atoms with E-state index in [0.29, 0.717) is 40.3 Å². The fraction of sp³-hybridized carbons (Fsp3) is 0.263. The Hall–Kier alpha value is -2.06. The van der Waals surface area contributed by atoms with Gasteiger partial charge >= 0.3 is 0 Å². The number of amides is 1. The summed E-state index contributed by atoms with van der Waals surface area (Å²) >= 11 is 7.53. The van der Waals surface area contributed by atoms with Gasteiger partial charge in [0.15, 0.2) is 16.6 Å². The van der Waals surface area contributed by atoms with Crippen LogP contribution in [0.2, 0.25) is 5.02 Å². The predicted octanol–water partition coefficient (Wildman–Crippen LogP) is 4.31. The number of hydrogen-bond acceptors (Lipinski definition) is 6. The monoisotopic (exact) mass is 439 g/mol. The molecule has 0 atom stereocenters. The summed E-state index contributed by atoms with van der Waals surface area (Å²) in [5.41, 5.74) is 1.32. The van der Waals surface area contributed by atoms with Crippen LogP contribution in [0.4, 0.5) is 5.13 Å². The van der Waals surface area contributed by atoms with Crippen LogP contribution >= 0.6 is 35.3 Å². The second kappa shape index (κ2) is 8.53. The lowest BCUT2D eigenvalue weighted by Gasteiger charge is -2.22. The molecule has 6 nitrogen and oxygen atoms in total. The van der Waals surface area contributed by atoms with Crippen LogP contribution in [0, 0.1) is 0 Å². The topological polar surface area (TPSA) is 54.9 Å². The largest absolute Gasteiger partial charge is 0.454 e. The Labute approximate surface area is 178 Å². The molecule has 2 aromatic carbocycles. The van der Waals surface area contributed by atoms with E-state index < -0.39 is 0 Å². The number of rotatable bonds is 5. The molecule has 148 valence electrons. The number of nitrogens with zero attached hydrogens (tertiary/aromatic N) is 3. The molecule has 3 aromatic rings. The molecule has 4 rings (SSSR count). The van der Waals surface area contributed by atoms with Gasteiger partial charge in [0.2, 0.25) is 6.79 Å². The SMILES string of the molecule is CN(C)CCN(C(=O)c1cccc(Cl)c1)c1nc2cc3c(cc2s1)OCO3.Cl. The lowest BCUT2D eigenvalue weighted by atomic mass is 10.2. The summed E-state index contributed by atoms with van der Waals surface area (Å²) in [4.78, 5) is 21.6. The van der Waals surface area contributed by atoms with E-state index in [1.165, 1.54) is 11.3 Å². The molecule has 0 saturated heterocycles. The Morgan fingerprint density at radius 1 is 1.18 bits per heavy atom. The van der Waals surface area contributed by atoms with Gasteiger partial charge in [-0.25, -0.2) is 4.98 Å². The van der Waals surface area contributed by atoms with Gasteiger partial charge in [-0.05, 0) is 32.3 Å². The van der Waals surface area contributed by atoms with Crippen molar-refractivity contribution >= 4 is 56.6 Å². The van der Waals surface area contributed by atoms with Crippen LogP contribution in [0.5, 0.6) is 11.5 Å². The van der Waals surface area contributed by atoms with Crippen molar-refractivity contribution in [3.63, 3.8) is 0 Å². The summed E-state index contributed by atoms with van der Waals surface area (Å²) < 4.78 is 11.8. The van der Waals surface area contributed by atoms with Crippen LogP contribution in [0.3, 0.4) is 0 Å². The van der Waals surface area contributed by atoms with Crippen molar-refractivity contribution in [2.45, 2.75) is 0 Å². The molecule has 28 heavy (non-hydrogen) atoms. The zero-order valence-electron chi connectivity index (χ0n) is 15.3. The third-order valence-corrected chi connectivity index (χ3v) is 5.47. The lowest BCUT2D eigenvalue weighted by molar-refractivity contribution is 0.0985. The third-order valence-electron chi connectivity index (χ3n) is 4.19. The Balaban J connectivity index is 0.00000225. The van der Waals surface area contributed by atoms with Crippen LogP contribution < -0.4 is 14.4 Å². The summed E-state index contributed by atoms with van der Waals surface area (Å²) in [5.74, 6) is 1.26. The molecule has 0 unspecified atom stereocenters. The van der Waals surface area contributed by atoms with E-state index in [2.05, 4.69) is 4.98 Å². The van der Waals surface area contributed by atoms with Gasteiger partial charge in [-0.1, -0.05) is 29.0 Å². The van der Waals surface area contributed by atoms with E-state index in [1.807, 2.05) is 31.1 Å². The summed E-state index contributed by atoms with van der Waals surface area (Å²) in [7, 11) is 3.94. The first-order valence-corrected chi connectivity index (χ1v) is 9.63. The molecule has 0 N–H and O–H groups in total. The lowest BCUT2D eigenvalue weighted by Crippen LogP contribution is -2.36. The van der Waals surface area contributed by atoms with E-state index in [9.17, 15) is 4.79 Å². The molecular formula is C19H19Cl2N3O3S. The highest BCUT2D eigenvalue weighted by atomic mass is 35.5. The zero-order valence-corrected chi connectivity index (χ0v) is 17.7. The third kappa shape index (κ3) is 4.17. The van der Waals surface area contributed by atoms with Gasteiger partial charge in [0, 0.05) is 35.8 Å². The molecule has 1 aromatic heterocycles. The van der Waals surface area contributed by atoms with Gasteiger partial charge in [0.1, 0.15) is 0 Å². The van der Waals surface area contributed by atoms with Crippen LogP contribution in [-0.2, 0) is 0 Å². The molecule has 2 heterocycles. The minimum Gasteiger partial charge on any atom is -0.454 e. The van der Waals surface area contributed by atoms with Crippen LogP contribution in [-0.4, -0.2) is 49.8 Å². The minimum absolute atomic E-state index is 0. The molecule has 0 bridgehead atoms. The number of likely N-dealkylation sites (N-methyl/N-ethyl adjacent to an activating group) is 1. The smallest absolute Gasteiger partial charge is 0.260 e. The van der Waals surface area contributed by atoms with Gasteiger partial charge < -0.3 is 14.4 Å². The predicted molar refractivity (Wildman–Crippen MR) is 115 cm³/mol. The standard InChI is InChI=1S/C19H18ClN3O3S.ClH/c1-22(2)6-7-23(18(24)12-4-3-5-13(20)8-12)19-21-14-9-15-16(26-11-25-15)10-17(14)27-19;/h3-5,8-10H,6-7,11H2,1-2H3;1H. The van der Waals surface area contributed by atoms with E-state index >= 15 is 0 Å². The molecular weight excluding hydrogens is 421 g/mol. The second-order valence-electron chi connectivity index (χ2n) is 6.44. The normalized spacial score (nSPS) is 12.3. The van der Waals surface area contributed by atoms with E-state index in [0.717, 1.165) is 10.2 Å². The van der Waals surface area contributed by atoms with Gasteiger partial charge in [0.25, 0.3) is 5.91 Å². The Morgan fingerprint density at radius 3 is 2.64 bits per heavy atom. The maximum Gasteiger partial charge on any atom is 0.260 e. The number of aromatic nitrogens is 1. The summed E-state index contributed by atoms with van der Waals surface area (Å²) in [6.45, 7) is 1.46. The Morgan fingerprint density at radius 2 is 1.93 bits per heavy atom. The number of anilines is 1. The molecule has 1 amide bonds. The number of fused-ring (bicyclic) bond motifs is 2. The first-order chi connectivity index (χ1) is 13.0. The highest BCUT2D eigenvalue weighted by Gasteiger charge is 2.23.